The highest BCUT2D eigenvalue weighted by molar-refractivity contribution is 14.0. The molecule has 5 heteroatoms. The minimum Gasteiger partial charge on any atom is -0.374 e. The van der Waals surface area contributed by atoms with E-state index in [0.29, 0.717) is 6.61 Å². The molecule has 0 saturated carbocycles. The minimum absolute atomic E-state index is 0. The summed E-state index contributed by atoms with van der Waals surface area (Å²) < 4.78 is 5.86. The Bertz CT molecular complexity index is 443. The first kappa shape index (κ1) is 22.2. The van der Waals surface area contributed by atoms with Crippen LogP contribution in [0.5, 0.6) is 0 Å². The molecule has 1 rings (SSSR count). The van der Waals surface area contributed by atoms with Gasteiger partial charge in [-0.15, -0.1) is 24.0 Å². The normalized spacial score (nSPS) is 13.2. The van der Waals surface area contributed by atoms with Gasteiger partial charge in [-0.05, 0) is 46.6 Å². The largest absolute Gasteiger partial charge is 0.374 e. The predicted molar refractivity (Wildman–Crippen MR) is 110 cm³/mol. The molecule has 0 heterocycles. The van der Waals surface area contributed by atoms with Gasteiger partial charge in [-0.2, -0.15) is 0 Å². The van der Waals surface area contributed by atoms with Gasteiger partial charge in [0.05, 0.1) is 6.10 Å². The number of nitrogens with zero attached hydrogens (tertiary/aromatic N) is 1. The quantitative estimate of drug-likeness (QED) is 0.294. The van der Waals surface area contributed by atoms with Crippen LogP contribution < -0.4 is 10.6 Å². The molecule has 1 aromatic rings. The van der Waals surface area contributed by atoms with Gasteiger partial charge in [0.25, 0.3) is 0 Å². The van der Waals surface area contributed by atoms with E-state index in [1.54, 1.807) is 0 Å². The number of hydrogen-bond acceptors (Lipinski definition) is 2. The van der Waals surface area contributed by atoms with E-state index in [1.807, 2.05) is 18.2 Å². The Kier molecular flexibility index (Phi) is 11.3. The van der Waals surface area contributed by atoms with Gasteiger partial charge in [0.2, 0.25) is 0 Å². The van der Waals surface area contributed by atoms with Crippen LogP contribution in [0.25, 0.3) is 0 Å². The summed E-state index contributed by atoms with van der Waals surface area (Å²) in [6.07, 6.45) is 1.05. The second-order valence-electron chi connectivity index (χ2n) is 6.41. The lowest BCUT2D eigenvalue weighted by Crippen LogP contribution is -2.47. The topological polar surface area (TPSA) is 45.7 Å². The Morgan fingerprint density at radius 2 is 1.87 bits per heavy atom. The van der Waals surface area contributed by atoms with Crippen LogP contribution >= 0.6 is 24.0 Å². The van der Waals surface area contributed by atoms with Crippen LogP contribution in [0, 0.1) is 0 Å². The predicted octanol–water partition coefficient (Wildman–Crippen LogP) is 4.13. The van der Waals surface area contributed by atoms with Gasteiger partial charge in [-0.3, -0.25) is 4.99 Å². The van der Waals surface area contributed by atoms with Crippen molar-refractivity contribution in [3.8, 4) is 0 Å². The first-order chi connectivity index (χ1) is 10.4. The van der Waals surface area contributed by atoms with Crippen molar-refractivity contribution in [1.29, 1.82) is 0 Å². The van der Waals surface area contributed by atoms with E-state index in [9.17, 15) is 0 Å². The highest BCUT2D eigenvalue weighted by atomic mass is 127. The second kappa shape index (κ2) is 11.7. The number of benzene rings is 1. The zero-order valence-electron chi connectivity index (χ0n) is 15.1. The lowest BCUT2D eigenvalue weighted by Gasteiger charge is -2.23. The molecule has 0 spiro atoms. The average Bonchev–Trinajstić information content (AvgIpc) is 2.46. The number of hydrogen-bond donors (Lipinski definition) is 2. The Morgan fingerprint density at radius 3 is 2.43 bits per heavy atom. The van der Waals surface area contributed by atoms with Crippen LogP contribution in [0.1, 0.15) is 52.7 Å². The Labute approximate surface area is 158 Å². The van der Waals surface area contributed by atoms with Crippen LogP contribution in [-0.2, 0) is 4.74 Å². The number of guanidine groups is 1. The monoisotopic (exact) mass is 433 g/mol. The molecule has 0 aromatic heterocycles. The summed E-state index contributed by atoms with van der Waals surface area (Å²) >= 11 is 0. The molecule has 1 atom stereocenters. The van der Waals surface area contributed by atoms with Gasteiger partial charge in [0.15, 0.2) is 5.96 Å². The smallest absolute Gasteiger partial charge is 0.191 e. The molecule has 0 bridgehead atoms. The molecular weight excluding hydrogens is 401 g/mol. The third kappa shape index (κ3) is 10.5. The maximum absolute atomic E-state index is 5.86. The van der Waals surface area contributed by atoms with Crippen LogP contribution in [0.15, 0.2) is 35.3 Å². The van der Waals surface area contributed by atoms with Crippen molar-refractivity contribution in [2.75, 3.05) is 19.7 Å². The van der Waals surface area contributed by atoms with Crippen molar-refractivity contribution in [1.82, 2.24) is 10.6 Å². The van der Waals surface area contributed by atoms with E-state index in [-0.39, 0.29) is 35.6 Å². The molecule has 0 saturated heterocycles. The van der Waals surface area contributed by atoms with E-state index in [1.165, 1.54) is 5.56 Å². The van der Waals surface area contributed by atoms with E-state index in [4.69, 9.17) is 4.74 Å². The Balaban J connectivity index is 0.00000484. The standard InChI is InChI=1S/C18H31N3O.HI/c1-6-19-17(21-18(3,4)5)20-13-10-14-22-15(2)16-11-8-7-9-12-16;/h7-9,11-12,15H,6,10,13-14H2,1-5H3,(H2,19,20,21);1H. The van der Waals surface area contributed by atoms with Crippen LogP contribution in [0.4, 0.5) is 0 Å². The van der Waals surface area contributed by atoms with Gasteiger partial charge >= 0.3 is 0 Å². The molecule has 0 aliphatic rings. The van der Waals surface area contributed by atoms with Gasteiger partial charge in [-0.25, -0.2) is 0 Å². The highest BCUT2D eigenvalue weighted by Gasteiger charge is 2.11. The maximum atomic E-state index is 5.86. The molecule has 0 aliphatic heterocycles. The first-order valence-corrected chi connectivity index (χ1v) is 8.15. The molecule has 2 N–H and O–H groups in total. The van der Waals surface area contributed by atoms with Crippen molar-refractivity contribution in [2.45, 2.75) is 52.7 Å². The van der Waals surface area contributed by atoms with Crippen LogP contribution in [-0.4, -0.2) is 31.2 Å². The van der Waals surface area contributed by atoms with Crippen molar-refractivity contribution < 1.29 is 4.74 Å². The third-order valence-electron chi connectivity index (χ3n) is 3.05. The van der Waals surface area contributed by atoms with Crippen molar-refractivity contribution in [3.63, 3.8) is 0 Å². The molecule has 0 radical (unpaired) electrons. The molecule has 0 fully saturated rings. The zero-order valence-corrected chi connectivity index (χ0v) is 17.4. The van der Waals surface area contributed by atoms with E-state index in [2.05, 4.69) is 62.4 Å². The summed E-state index contributed by atoms with van der Waals surface area (Å²) in [4.78, 5) is 4.58. The molecule has 0 aliphatic carbocycles. The molecule has 1 unspecified atom stereocenters. The van der Waals surface area contributed by atoms with Crippen molar-refractivity contribution in [3.05, 3.63) is 35.9 Å². The van der Waals surface area contributed by atoms with E-state index >= 15 is 0 Å². The number of halogens is 1. The second-order valence-corrected chi connectivity index (χ2v) is 6.41. The summed E-state index contributed by atoms with van der Waals surface area (Å²) in [6.45, 7) is 12.9. The molecule has 132 valence electrons. The van der Waals surface area contributed by atoms with Crippen LogP contribution in [0.2, 0.25) is 0 Å². The summed E-state index contributed by atoms with van der Waals surface area (Å²) in [7, 11) is 0. The summed E-state index contributed by atoms with van der Waals surface area (Å²) in [5, 5.41) is 6.64. The molecule has 0 amide bonds. The summed E-state index contributed by atoms with van der Waals surface area (Å²) in [6, 6.07) is 10.3. The van der Waals surface area contributed by atoms with E-state index in [0.717, 1.165) is 25.5 Å². The molecular formula is C18H32IN3O. The number of aliphatic imine (C=N–C) groups is 1. The van der Waals surface area contributed by atoms with Crippen molar-refractivity contribution in [2.24, 2.45) is 4.99 Å². The fourth-order valence-electron chi connectivity index (χ4n) is 2.00. The van der Waals surface area contributed by atoms with Gasteiger partial charge in [0, 0.05) is 25.2 Å². The first-order valence-electron chi connectivity index (χ1n) is 8.15. The lowest BCUT2D eigenvalue weighted by atomic mass is 10.1. The Morgan fingerprint density at radius 1 is 1.22 bits per heavy atom. The molecule has 23 heavy (non-hydrogen) atoms. The van der Waals surface area contributed by atoms with Crippen LogP contribution in [0.3, 0.4) is 0 Å². The fourth-order valence-corrected chi connectivity index (χ4v) is 2.00. The fraction of sp³-hybridized carbons (Fsp3) is 0.611. The maximum Gasteiger partial charge on any atom is 0.191 e. The van der Waals surface area contributed by atoms with E-state index < -0.39 is 0 Å². The minimum atomic E-state index is 0. The molecule has 1 aromatic carbocycles. The highest BCUT2D eigenvalue weighted by Crippen LogP contribution is 2.15. The van der Waals surface area contributed by atoms with Gasteiger partial charge in [-0.1, -0.05) is 30.3 Å². The summed E-state index contributed by atoms with van der Waals surface area (Å²) in [5.74, 6) is 0.867. The lowest BCUT2D eigenvalue weighted by molar-refractivity contribution is 0.0652. The SMILES string of the molecule is CCNC(=NCCCOC(C)c1ccccc1)NC(C)(C)C.I. The number of nitrogens with one attached hydrogen (secondary N) is 2. The average molecular weight is 433 g/mol. The zero-order chi connectivity index (χ0) is 16.4. The summed E-state index contributed by atoms with van der Waals surface area (Å²) in [5.41, 5.74) is 1.23. The van der Waals surface area contributed by atoms with Gasteiger partial charge in [0.1, 0.15) is 0 Å². The Hall–Kier alpha value is -0.820. The number of ether oxygens (including phenoxy) is 1. The van der Waals surface area contributed by atoms with Crippen molar-refractivity contribution >= 4 is 29.9 Å². The van der Waals surface area contributed by atoms with Gasteiger partial charge < -0.3 is 15.4 Å². The third-order valence-corrected chi connectivity index (χ3v) is 3.05. The molecule has 4 nitrogen and oxygen atoms in total. The number of rotatable bonds is 7.